The van der Waals surface area contributed by atoms with Crippen LogP contribution in [-0.4, -0.2) is 15.0 Å². The maximum Gasteiger partial charge on any atom is 0.164 e. The van der Waals surface area contributed by atoms with Crippen LogP contribution in [0.4, 0.5) is 0 Å². The molecule has 4 heteroatoms. The summed E-state index contributed by atoms with van der Waals surface area (Å²) in [5, 5.41) is 19.2. The molecule has 12 rings (SSSR count). The number of aromatic nitrogens is 3. The molecule has 0 spiro atoms. The van der Waals surface area contributed by atoms with Gasteiger partial charge in [0, 0.05) is 16.7 Å². The van der Waals surface area contributed by atoms with Gasteiger partial charge < -0.3 is 0 Å². The van der Waals surface area contributed by atoms with Crippen molar-refractivity contribution in [2.45, 2.75) is 0 Å². The number of hydrogen-bond donors (Lipinski definition) is 0. The van der Waals surface area contributed by atoms with Crippen molar-refractivity contribution in [2.75, 3.05) is 0 Å². The maximum absolute atomic E-state index is 9.42. The van der Waals surface area contributed by atoms with Crippen LogP contribution in [0.3, 0.4) is 0 Å². The summed E-state index contributed by atoms with van der Waals surface area (Å²) in [4.78, 5) is 15.6. The zero-order valence-electron chi connectivity index (χ0n) is 35.7. The quantitative estimate of drug-likeness (QED) is 0.118. The molecule has 0 aliphatic rings. The molecule has 0 aliphatic heterocycles. The molecule has 0 saturated carbocycles. The molecule has 0 unspecified atom stereocenters. The Balaban J connectivity index is 1.04. The predicted molar refractivity (Wildman–Crippen MR) is 273 cm³/mol. The van der Waals surface area contributed by atoms with Crippen LogP contribution in [-0.2, 0) is 0 Å². The molecule has 0 N–H and O–H groups in total. The Morgan fingerprint density at radius 1 is 0.288 bits per heavy atom. The second-order valence-corrected chi connectivity index (χ2v) is 16.6. The number of fused-ring (bicyclic) bond motifs is 5. The molecule has 1 aromatic heterocycles. The molecule has 0 bridgehead atoms. The first kappa shape index (κ1) is 38.6. The molecule has 0 aliphatic carbocycles. The molecule has 4 nitrogen and oxygen atoms in total. The van der Waals surface area contributed by atoms with Crippen molar-refractivity contribution < 1.29 is 0 Å². The molecule has 306 valence electrons. The van der Waals surface area contributed by atoms with E-state index < -0.39 is 0 Å². The molecule has 0 atom stereocenters. The van der Waals surface area contributed by atoms with Gasteiger partial charge in [-0.2, -0.15) is 5.26 Å². The van der Waals surface area contributed by atoms with Gasteiger partial charge in [-0.25, -0.2) is 15.0 Å². The van der Waals surface area contributed by atoms with Crippen molar-refractivity contribution in [3.8, 4) is 84.7 Å². The highest BCUT2D eigenvalue weighted by Gasteiger charge is 2.21. The fourth-order valence-electron chi connectivity index (χ4n) is 9.57. The summed E-state index contributed by atoms with van der Waals surface area (Å²) in [6.07, 6.45) is 0. The van der Waals surface area contributed by atoms with Crippen LogP contribution >= 0.6 is 0 Å². The van der Waals surface area contributed by atoms with Crippen molar-refractivity contribution in [2.24, 2.45) is 0 Å². The van der Waals surface area contributed by atoms with Crippen LogP contribution in [0, 0.1) is 11.3 Å². The van der Waals surface area contributed by atoms with Crippen LogP contribution in [0.15, 0.2) is 231 Å². The van der Waals surface area contributed by atoms with E-state index in [1.54, 1.807) is 0 Å². The monoisotopic (exact) mass is 838 g/mol. The largest absolute Gasteiger partial charge is 0.208 e. The van der Waals surface area contributed by atoms with Crippen LogP contribution in [0.1, 0.15) is 5.56 Å². The lowest BCUT2D eigenvalue weighted by atomic mass is 9.83. The molecule has 0 saturated heterocycles. The third-order valence-corrected chi connectivity index (χ3v) is 12.7. The molecule has 12 aromatic rings. The van der Waals surface area contributed by atoms with E-state index in [1.165, 1.54) is 59.8 Å². The fraction of sp³-hybridized carbons (Fsp3) is 0. The highest BCUT2D eigenvalue weighted by atomic mass is 15.0. The lowest BCUT2D eigenvalue weighted by molar-refractivity contribution is 1.07. The topological polar surface area (TPSA) is 62.5 Å². The molecular weight excluding hydrogens is 801 g/mol. The standard InChI is InChI=1S/C62H38N4/c63-39-40-25-27-42(28-26-40)48-18-12-19-50(38-48)61-64-60(65-62(66-61)55-24-11-8-20-51(55)43-14-2-1-3-15-43)46-32-30-45(31-33-46)57-53-22-9-10-23-54(53)58(49-34-29-41-13-4-5-17-47(41)37-49)59-52-21-7-6-16-44(52)35-36-56(57)59/h1-38H. The van der Waals surface area contributed by atoms with E-state index in [0.717, 1.165) is 44.5 Å². The van der Waals surface area contributed by atoms with Crippen molar-refractivity contribution in [1.82, 2.24) is 15.0 Å². The highest BCUT2D eigenvalue weighted by Crippen LogP contribution is 2.47. The number of nitriles is 1. The van der Waals surface area contributed by atoms with Crippen LogP contribution in [0.5, 0.6) is 0 Å². The molecule has 11 aromatic carbocycles. The number of nitrogens with zero attached hydrogens (tertiary/aromatic N) is 4. The van der Waals surface area contributed by atoms with Gasteiger partial charge in [-0.05, 0) is 112 Å². The minimum Gasteiger partial charge on any atom is -0.208 e. The molecule has 0 fully saturated rings. The second kappa shape index (κ2) is 16.3. The minimum atomic E-state index is 0.575. The van der Waals surface area contributed by atoms with Gasteiger partial charge in [0.2, 0.25) is 0 Å². The lowest BCUT2D eigenvalue weighted by Crippen LogP contribution is -2.01. The van der Waals surface area contributed by atoms with Gasteiger partial charge in [0.25, 0.3) is 0 Å². The van der Waals surface area contributed by atoms with Crippen molar-refractivity contribution in [3.05, 3.63) is 236 Å². The zero-order valence-corrected chi connectivity index (χ0v) is 35.7. The normalized spacial score (nSPS) is 11.3. The number of rotatable bonds is 7. The SMILES string of the molecule is N#Cc1ccc(-c2cccc(-c3nc(-c4ccc(-c5c6ccccc6c(-c6ccc7ccccc7c6)c6c5ccc5ccccc56)cc4)nc(-c4ccccc4-c4ccccc4)n3)c2)cc1. The van der Waals surface area contributed by atoms with Crippen LogP contribution < -0.4 is 0 Å². The Labute approximate surface area is 382 Å². The average Bonchev–Trinajstić information content (AvgIpc) is 3.40. The maximum atomic E-state index is 9.42. The van der Waals surface area contributed by atoms with E-state index in [9.17, 15) is 5.26 Å². The summed E-state index contributed by atoms with van der Waals surface area (Å²) >= 11 is 0. The Morgan fingerprint density at radius 3 is 1.61 bits per heavy atom. The summed E-state index contributed by atoms with van der Waals surface area (Å²) in [6, 6.07) is 83.1. The molecule has 0 radical (unpaired) electrons. The molecule has 0 amide bonds. The molecule has 66 heavy (non-hydrogen) atoms. The van der Waals surface area contributed by atoms with Gasteiger partial charge in [-0.15, -0.1) is 0 Å². The van der Waals surface area contributed by atoms with Gasteiger partial charge in [0.05, 0.1) is 11.6 Å². The average molecular weight is 839 g/mol. The van der Waals surface area contributed by atoms with Crippen molar-refractivity contribution in [1.29, 1.82) is 5.26 Å². The van der Waals surface area contributed by atoms with Gasteiger partial charge in [-0.3, -0.25) is 0 Å². The summed E-state index contributed by atoms with van der Waals surface area (Å²) in [5.74, 6) is 1.75. The van der Waals surface area contributed by atoms with Gasteiger partial charge in [0.1, 0.15) is 0 Å². The smallest absolute Gasteiger partial charge is 0.164 e. The molecule has 1 heterocycles. The second-order valence-electron chi connectivity index (χ2n) is 16.6. The summed E-state index contributed by atoms with van der Waals surface area (Å²) in [6.45, 7) is 0. The predicted octanol–water partition coefficient (Wildman–Crippen LogP) is 16.0. The summed E-state index contributed by atoms with van der Waals surface area (Å²) in [5.41, 5.74) is 12.2. The third-order valence-electron chi connectivity index (χ3n) is 12.7. The third kappa shape index (κ3) is 6.84. The Hall–Kier alpha value is -9.04. The van der Waals surface area contributed by atoms with E-state index in [1.807, 2.05) is 48.5 Å². The van der Waals surface area contributed by atoms with Crippen molar-refractivity contribution in [3.63, 3.8) is 0 Å². The zero-order chi connectivity index (χ0) is 44.0. The van der Waals surface area contributed by atoms with E-state index in [4.69, 9.17) is 15.0 Å². The molecular formula is C62H38N4. The van der Waals surface area contributed by atoms with Gasteiger partial charge >= 0.3 is 0 Å². The Kier molecular flexibility index (Phi) is 9.51. The van der Waals surface area contributed by atoms with Crippen LogP contribution in [0.2, 0.25) is 0 Å². The Bertz CT molecular complexity index is 3870. The van der Waals surface area contributed by atoms with E-state index in [2.05, 4.69) is 188 Å². The first-order valence-corrected chi connectivity index (χ1v) is 22.1. The summed E-state index contributed by atoms with van der Waals surface area (Å²) in [7, 11) is 0. The van der Waals surface area contributed by atoms with E-state index >= 15 is 0 Å². The van der Waals surface area contributed by atoms with E-state index in [-0.39, 0.29) is 0 Å². The highest BCUT2D eigenvalue weighted by molar-refractivity contribution is 6.28. The number of benzene rings is 11. The van der Waals surface area contributed by atoms with Gasteiger partial charge in [-0.1, -0.05) is 206 Å². The lowest BCUT2D eigenvalue weighted by Gasteiger charge is -2.20. The summed E-state index contributed by atoms with van der Waals surface area (Å²) < 4.78 is 0. The fourth-order valence-corrected chi connectivity index (χ4v) is 9.57. The van der Waals surface area contributed by atoms with Crippen molar-refractivity contribution >= 4 is 43.1 Å². The van der Waals surface area contributed by atoms with Crippen LogP contribution in [0.25, 0.3) is 122 Å². The Morgan fingerprint density at radius 2 is 0.833 bits per heavy atom. The van der Waals surface area contributed by atoms with Gasteiger partial charge in [0.15, 0.2) is 17.5 Å². The first-order chi connectivity index (χ1) is 32.7. The van der Waals surface area contributed by atoms with E-state index in [0.29, 0.717) is 23.0 Å². The first-order valence-electron chi connectivity index (χ1n) is 22.1. The number of hydrogen-bond acceptors (Lipinski definition) is 4. The minimum absolute atomic E-state index is 0.575.